The van der Waals surface area contributed by atoms with Gasteiger partial charge in [0.15, 0.2) is 6.04 Å². The van der Waals surface area contributed by atoms with Gasteiger partial charge >= 0.3 is 12.0 Å². The van der Waals surface area contributed by atoms with Gasteiger partial charge in [-0.15, -0.1) is 0 Å². The minimum atomic E-state index is -1.15. The molecule has 6 nitrogen and oxygen atoms in total. The first kappa shape index (κ1) is 15.9. The Balaban J connectivity index is 2.33. The largest absolute Gasteiger partial charge is 0.620 e. The van der Waals surface area contributed by atoms with Crippen LogP contribution < -0.4 is 4.65 Å². The average molecular weight is 357 g/mol. The number of amides is 2. The molecular formula is C14H17BrN2O4. The molecule has 2 amide bonds. The van der Waals surface area contributed by atoms with E-state index in [2.05, 4.69) is 15.9 Å². The zero-order valence-electron chi connectivity index (χ0n) is 11.7. The van der Waals surface area contributed by atoms with Crippen molar-refractivity contribution in [1.82, 2.24) is 9.55 Å². The van der Waals surface area contributed by atoms with Crippen molar-refractivity contribution >= 4 is 33.6 Å². The van der Waals surface area contributed by atoms with Crippen molar-refractivity contribution in [3.05, 3.63) is 33.9 Å². The normalized spacial score (nSPS) is 21.1. The van der Waals surface area contributed by atoms with Crippen LogP contribution in [0.25, 0.3) is 0 Å². The second kappa shape index (κ2) is 6.13. The molecule has 0 radical (unpaired) electrons. The third kappa shape index (κ3) is 2.95. The number of rotatable bonds is 3. The molecule has 7 heteroatoms. The first-order valence-electron chi connectivity index (χ1n) is 6.79. The summed E-state index contributed by atoms with van der Waals surface area (Å²) in [6.07, 6.45) is -0.138. The highest BCUT2D eigenvalue weighted by atomic mass is 79.9. The quantitative estimate of drug-likeness (QED) is 0.666. The highest BCUT2D eigenvalue weighted by Gasteiger charge is 2.43. The van der Waals surface area contributed by atoms with Crippen molar-refractivity contribution in [2.45, 2.75) is 25.8 Å². The van der Waals surface area contributed by atoms with Crippen LogP contribution in [0.1, 0.15) is 19.8 Å². The lowest BCUT2D eigenvalue weighted by atomic mass is 10.1. The lowest BCUT2D eigenvalue weighted by Crippen LogP contribution is -2.57. The smallest absolute Gasteiger partial charge is 0.408 e. The predicted molar refractivity (Wildman–Crippen MR) is 82.6 cm³/mol. The van der Waals surface area contributed by atoms with E-state index in [1.165, 1.54) is 0 Å². The maximum atomic E-state index is 13.0. The molecular weight excluding hydrogens is 340 g/mol. The maximum absolute atomic E-state index is 13.0. The molecule has 2 unspecified atom stereocenters. The Morgan fingerprint density at radius 1 is 1.43 bits per heavy atom. The molecule has 1 heterocycles. The van der Waals surface area contributed by atoms with Gasteiger partial charge in [-0.25, -0.2) is 9.59 Å². The minimum absolute atomic E-state index is 0.0322. The standard InChI is InChI=1S/C14H17BrN2O4/c1-2-17(21,11-7-5-10(15)6-8-11)13(18)12-4-3-9-16(12)14(19)20/h5-8,12H,2-4,9H2,1H3,(H,19,20). The minimum Gasteiger partial charge on any atom is -0.620 e. The molecule has 1 fully saturated rings. The lowest BCUT2D eigenvalue weighted by Gasteiger charge is -2.40. The van der Waals surface area contributed by atoms with E-state index in [4.69, 9.17) is 5.11 Å². The van der Waals surface area contributed by atoms with Gasteiger partial charge in [0.1, 0.15) is 5.69 Å². The molecule has 0 bridgehead atoms. The first-order valence-corrected chi connectivity index (χ1v) is 7.58. The van der Waals surface area contributed by atoms with Gasteiger partial charge in [-0.2, -0.15) is 0 Å². The number of carbonyl (C=O) groups excluding carboxylic acids is 1. The van der Waals surface area contributed by atoms with E-state index in [1.54, 1.807) is 31.2 Å². The van der Waals surface area contributed by atoms with E-state index in [9.17, 15) is 14.8 Å². The molecule has 2 rings (SSSR count). The van der Waals surface area contributed by atoms with Crippen molar-refractivity contribution < 1.29 is 14.7 Å². The van der Waals surface area contributed by atoms with Crippen LogP contribution in [0.3, 0.4) is 0 Å². The fourth-order valence-corrected chi connectivity index (χ4v) is 2.90. The number of carbonyl (C=O) groups is 2. The SMILES string of the molecule is CC[N+]([O-])(C(=O)C1CCCN1C(=O)O)c1ccc(Br)cc1. The molecule has 114 valence electrons. The van der Waals surface area contributed by atoms with Gasteiger partial charge in [0.25, 0.3) is 0 Å². The predicted octanol–water partition coefficient (Wildman–Crippen LogP) is 2.94. The number of halogens is 1. The fourth-order valence-electron chi connectivity index (χ4n) is 2.64. The van der Waals surface area contributed by atoms with Crippen LogP contribution in [0.15, 0.2) is 28.7 Å². The summed E-state index contributed by atoms with van der Waals surface area (Å²) in [6.45, 7) is 1.97. The Hall–Kier alpha value is -1.44. The summed E-state index contributed by atoms with van der Waals surface area (Å²) in [5, 5.41) is 22.1. The summed E-state index contributed by atoms with van der Waals surface area (Å²) >= 11 is 3.29. The molecule has 1 aliphatic rings. The Bertz CT molecular complexity index is 548. The summed E-state index contributed by atoms with van der Waals surface area (Å²) < 4.78 is -0.323. The Morgan fingerprint density at radius 2 is 2.05 bits per heavy atom. The summed E-state index contributed by atoms with van der Waals surface area (Å²) in [5.41, 5.74) is 0.322. The topological polar surface area (TPSA) is 80.7 Å². The van der Waals surface area contributed by atoms with E-state index >= 15 is 0 Å². The Kier molecular flexibility index (Phi) is 4.65. The number of hydrogen-bond donors (Lipinski definition) is 1. The van der Waals surface area contributed by atoms with Crippen LogP contribution in [-0.4, -0.2) is 41.1 Å². The number of hydrogen-bond acceptors (Lipinski definition) is 3. The van der Waals surface area contributed by atoms with Crippen LogP contribution in [0.4, 0.5) is 10.5 Å². The zero-order valence-corrected chi connectivity index (χ0v) is 13.2. The highest BCUT2D eigenvalue weighted by Crippen LogP contribution is 2.29. The molecule has 2 atom stereocenters. The third-order valence-corrected chi connectivity index (χ3v) is 4.36. The van der Waals surface area contributed by atoms with E-state index in [0.29, 0.717) is 25.1 Å². The van der Waals surface area contributed by atoms with E-state index < -0.39 is 22.7 Å². The van der Waals surface area contributed by atoms with Crippen molar-refractivity contribution in [3.8, 4) is 0 Å². The van der Waals surface area contributed by atoms with Crippen LogP contribution in [0.2, 0.25) is 0 Å². The highest BCUT2D eigenvalue weighted by molar-refractivity contribution is 9.10. The molecule has 1 N–H and O–H groups in total. The van der Waals surface area contributed by atoms with Crippen molar-refractivity contribution in [2.24, 2.45) is 0 Å². The monoisotopic (exact) mass is 356 g/mol. The first-order chi connectivity index (χ1) is 9.90. The molecule has 1 saturated heterocycles. The number of quaternary nitrogens is 1. The molecule has 1 aromatic rings. The van der Waals surface area contributed by atoms with Gasteiger partial charge in [-0.3, -0.25) is 9.55 Å². The second-order valence-corrected chi connectivity index (χ2v) is 5.92. The zero-order chi connectivity index (χ0) is 15.6. The maximum Gasteiger partial charge on any atom is 0.408 e. The molecule has 21 heavy (non-hydrogen) atoms. The van der Waals surface area contributed by atoms with Gasteiger partial charge in [0, 0.05) is 23.2 Å². The summed E-state index contributed by atoms with van der Waals surface area (Å²) in [5.74, 6) is -0.611. The average Bonchev–Trinajstić information content (AvgIpc) is 2.96. The summed E-state index contributed by atoms with van der Waals surface area (Å²) in [4.78, 5) is 24.9. The van der Waals surface area contributed by atoms with Crippen LogP contribution in [-0.2, 0) is 4.79 Å². The third-order valence-electron chi connectivity index (χ3n) is 3.83. The Morgan fingerprint density at radius 3 is 2.57 bits per heavy atom. The van der Waals surface area contributed by atoms with Gasteiger partial charge in [-0.1, -0.05) is 15.9 Å². The number of hydroxylamine groups is 2. The number of benzene rings is 1. The van der Waals surface area contributed by atoms with E-state index in [1.807, 2.05) is 0 Å². The molecule has 0 aromatic heterocycles. The van der Waals surface area contributed by atoms with E-state index in [-0.39, 0.29) is 6.54 Å². The molecule has 0 aliphatic carbocycles. The van der Waals surface area contributed by atoms with Crippen LogP contribution in [0.5, 0.6) is 0 Å². The second-order valence-electron chi connectivity index (χ2n) is 5.00. The number of nitrogens with zero attached hydrogens (tertiary/aromatic N) is 2. The molecule has 0 saturated carbocycles. The Labute approximate surface area is 131 Å². The summed E-state index contributed by atoms with van der Waals surface area (Å²) in [7, 11) is 0. The van der Waals surface area contributed by atoms with Crippen LogP contribution in [0, 0.1) is 5.21 Å². The summed E-state index contributed by atoms with van der Waals surface area (Å²) in [6, 6.07) is 5.74. The van der Waals surface area contributed by atoms with Gasteiger partial charge in [0.2, 0.25) is 0 Å². The van der Waals surface area contributed by atoms with Gasteiger partial charge < -0.3 is 10.3 Å². The molecule has 0 spiro atoms. The van der Waals surface area contributed by atoms with Crippen molar-refractivity contribution in [1.29, 1.82) is 0 Å². The van der Waals surface area contributed by atoms with Gasteiger partial charge in [-0.05, 0) is 31.9 Å². The number of carboxylic acid groups (broad SMARTS) is 1. The lowest BCUT2D eigenvalue weighted by molar-refractivity contribution is -0.132. The van der Waals surface area contributed by atoms with E-state index in [0.717, 1.165) is 9.37 Å². The molecule has 1 aliphatic heterocycles. The number of likely N-dealkylation sites (tertiary alicyclic amines) is 1. The fraction of sp³-hybridized carbons (Fsp3) is 0.429. The number of likely N-dealkylation sites (N-methyl/N-ethyl adjacent to an activating group) is 1. The van der Waals surface area contributed by atoms with Crippen LogP contribution >= 0.6 is 15.9 Å². The molecule has 1 aromatic carbocycles. The van der Waals surface area contributed by atoms with Crippen molar-refractivity contribution in [3.63, 3.8) is 0 Å². The van der Waals surface area contributed by atoms with Gasteiger partial charge in [0.05, 0.1) is 6.54 Å². The van der Waals surface area contributed by atoms with Crippen molar-refractivity contribution in [2.75, 3.05) is 13.1 Å².